The van der Waals surface area contributed by atoms with Crippen molar-refractivity contribution in [3.63, 3.8) is 0 Å². The summed E-state index contributed by atoms with van der Waals surface area (Å²) in [5.41, 5.74) is 3.10. The Hall–Kier alpha value is -3.81. The minimum absolute atomic E-state index is 0.231. The van der Waals surface area contributed by atoms with Crippen molar-refractivity contribution in [1.82, 2.24) is 10.2 Å². The van der Waals surface area contributed by atoms with Crippen LogP contribution >= 0.6 is 0 Å². The Labute approximate surface area is 181 Å². The molecule has 1 aromatic heterocycles. The van der Waals surface area contributed by atoms with Crippen LogP contribution in [0.5, 0.6) is 11.5 Å². The summed E-state index contributed by atoms with van der Waals surface area (Å²) in [6.45, 7) is 2.11. The van der Waals surface area contributed by atoms with Gasteiger partial charge in [0.15, 0.2) is 17.3 Å². The molecule has 0 saturated carbocycles. The highest BCUT2D eigenvalue weighted by Gasteiger charge is 2.14. The molecule has 1 fully saturated rings. The van der Waals surface area contributed by atoms with E-state index in [0.717, 1.165) is 24.5 Å². The Balaban J connectivity index is 1.40. The highest BCUT2D eigenvalue weighted by molar-refractivity contribution is 6.04. The molecule has 0 radical (unpaired) electrons. The van der Waals surface area contributed by atoms with Crippen LogP contribution in [-0.4, -0.2) is 43.4 Å². The summed E-state index contributed by atoms with van der Waals surface area (Å²) in [5, 5.41) is 14.4. The fourth-order valence-corrected chi connectivity index (χ4v) is 3.53. The second kappa shape index (κ2) is 9.34. The van der Waals surface area contributed by atoms with Gasteiger partial charge in [-0.3, -0.25) is 4.79 Å². The Bertz CT molecular complexity index is 1050. The first-order chi connectivity index (χ1) is 15.2. The molecule has 1 amide bonds. The van der Waals surface area contributed by atoms with Gasteiger partial charge >= 0.3 is 0 Å². The first-order valence-corrected chi connectivity index (χ1v) is 10.1. The van der Waals surface area contributed by atoms with Gasteiger partial charge in [-0.15, -0.1) is 5.10 Å². The van der Waals surface area contributed by atoms with Crippen LogP contribution < -0.4 is 25.0 Å². The SMILES string of the molecule is COc1ccc(C(=O)Nc2ccc(Nc3cc(N4CCCC4)cnn3)cc2)cc1OC. The molecule has 2 heterocycles. The van der Waals surface area contributed by atoms with Crippen molar-refractivity contribution >= 4 is 28.8 Å². The van der Waals surface area contributed by atoms with Crippen LogP contribution in [0.3, 0.4) is 0 Å². The standard InChI is InChI=1S/C23H25N5O3/c1-30-20-10-5-16(13-21(20)31-2)23(29)26-18-8-6-17(7-9-18)25-22-14-19(15-24-27-22)28-11-3-4-12-28/h5-10,13-15H,3-4,11-12H2,1-2H3,(H,25,27)(H,26,29). The number of rotatable bonds is 7. The summed E-state index contributed by atoms with van der Waals surface area (Å²) in [5.74, 6) is 1.54. The summed E-state index contributed by atoms with van der Waals surface area (Å²) < 4.78 is 10.5. The van der Waals surface area contributed by atoms with E-state index in [0.29, 0.717) is 28.6 Å². The molecule has 31 heavy (non-hydrogen) atoms. The molecule has 2 aromatic carbocycles. The Morgan fingerprint density at radius 1 is 0.935 bits per heavy atom. The van der Waals surface area contributed by atoms with Gasteiger partial charge < -0.3 is 25.0 Å². The summed E-state index contributed by atoms with van der Waals surface area (Å²) >= 11 is 0. The summed E-state index contributed by atoms with van der Waals surface area (Å²) in [7, 11) is 3.10. The van der Waals surface area contributed by atoms with Crippen molar-refractivity contribution in [3.8, 4) is 11.5 Å². The van der Waals surface area contributed by atoms with Gasteiger partial charge in [-0.05, 0) is 55.3 Å². The second-order valence-corrected chi connectivity index (χ2v) is 7.22. The largest absolute Gasteiger partial charge is 0.493 e. The Morgan fingerprint density at radius 2 is 1.65 bits per heavy atom. The Kier molecular flexibility index (Phi) is 6.16. The molecule has 0 bridgehead atoms. The number of aromatic nitrogens is 2. The van der Waals surface area contributed by atoms with E-state index in [4.69, 9.17) is 9.47 Å². The van der Waals surface area contributed by atoms with Crippen molar-refractivity contribution in [2.75, 3.05) is 42.8 Å². The van der Waals surface area contributed by atoms with Gasteiger partial charge in [0.05, 0.1) is 26.1 Å². The van der Waals surface area contributed by atoms with Crippen LogP contribution in [0.25, 0.3) is 0 Å². The van der Waals surface area contributed by atoms with Gasteiger partial charge in [-0.1, -0.05) is 0 Å². The number of hydrogen-bond acceptors (Lipinski definition) is 7. The number of ether oxygens (including phenoxy) is 2. The van der Waals surface area contributed by atoms with E-state index in [1.165, 1.54) is 20.0 Å². The average molecular weight is 419 g/mol. The van der Waals surface area contributed by atoms with E-state index in [2.05, 4.69) is 25.7 Å². The highest BCUT2D eigenvalue weighted by Crippen LogP contribution is 2.28. The zero-order chi connectivity index (χ0) is 21.6. The topological polar surface area (TPSA) is 88.6 Å². The quantitative estimate of drug-likeness (QED) is 0.596. The maximum atomic E-state index is 12.6. The third-order valence-electron chi connectivity index (χ3n) is 5.17. The molecule has 0 spiro atoms. The third-order valence-corrected chi connectivity index (χ3v) is 5.17. The zero-order valence-corrected chi connectivity index (χ0v) is 17.6. The summed E-state index contributed by atoms with van der Waals surface area (Å²) in [6.07, 6.45) is 4.21. The molecule has 8 heteroatoms. The lowest BCUT2D eigenvalue weighted by molar-refractivity contribution is 0.102. The predicted octanol–water partition coefficient (Wildman–Crippen LogP) is 4.09. The van der Waals surface area contributed by atoms with Crippen LogP contribution in [0, 0.1) is 0 Å². The average Bonchev–Trinajstić information content (AvgIpc) is 3.35. The van der Waals surface area contributed by atoms with Crippen molar-refractivity contribution in [2.45, 2.75) is 12.8 Å². The number of hydrogen-bond donors (Lipinski definition) is 2. The van der Waals surface area contributed by atoms with Crippen molar-refractivity contribution in [3.05, 3.63) is 60.3 Å². The molecule has 2 N–H and O–H groups in total. The predicted molar refractivity (Wildman–Crippen MR) is 121 cm³/mol. The lowest BCUT2D eigenvalue weighted by atomic mass is 10.1. The van der Waals surface area contributed by atoms with E-state index in [1.54, 1.807) is 31.5 Å². The lowest BCUT2D eigenvalue weighted by Gasteiger charge is -2.17. The maximum Gasteiger partial charge on any atom is 0.255 e. The van der Waals surface area contributed by atoms with E-state index in [9.17, 15) is 4.79 Å². The van der Waals surface area contributed by atoms with E-state index in [1.807, 2.05) is 30.3 Å². The smallest absolute Gasteiger partial charge is 0.255 e. The van der Waals surface area contributed by atoms with Gasteiger partial charge in [-0.25, -0.2) is 0 Å². The minimum atomic E-state index is -0.231. The molecular formula is C23H25N5O3. The normalized spacial score (nSPS) is 13.0. The maximum absolute atomic E-state index is 12.6. The molecule has 3 aromatic rings. The molecule has 0 unspecified atom stereocenters. The molecule has 160 valence electrons. The monoisotopic (exact) mass is 419 g/mol. The fraction of sp³-hybridized carbons (Fsp3) is 0.261. The van der Waals surface area contributed by atoms with Crippen LogP contribution in [0.4, 0.5) is 22.9 Å². The van der Waals surface area contributed by atoms with Crippen molar-refractivity contribution < 1.29 is 14.3 Å². The van der Waals surface area contributed by atoms with Gasteiger partial charge in [0.1, 0.15) is 0 Å². The van der Waals surface area contributed by atoms with Gasteiger partial charge in [0, 0.05) is 36.1 Å². The van der Waals surface area contributed by atoms with Gasteiger partial charge in [0.2, 0.25) is 0 Å². The van der Waals surface area contributed by atoms with Crippen LogP contribution in [0.15, 0.2) is 54.7 Å². The fourth-order valence-electron chi connectivity index (χ4n) is 3.53. The molecule has 0 aliphatic carbocycles. The molecule has 8 nitrogen and oxygen atoms in total. The number of anilines is 4. The molecular weight excluding hydrogens is 394 g/mol. The first-order valence-electron chi connectivity index (χ1n) is 10.1. The van der Waals surface area contributed by atoms with E-state index >= 15 is 0 Å². The number of nitrogens with zero attached hydrogens (tertiary/aromatic N) is 3. The number of methoxy groups -OCH3 is 2. The third kappa shape index (κ3) is 4.85. The number of benzene rings is 2. The minimum Gasteiger partial charge on any atom is -0.493 e. The highest BCUT2D eigenvalue weighted by atomic mass is 16.5. The van der Waals surface area contributed by atoms with Crippen LogP contribution in [0.2, 0.25) is 0 Å². The molecule has 1 aliphatic rings. The number of amides is 1. The van der Waals surface area contributed by atoms with Crippen molar-refractivity contribution in [1.29, 1.82) is 0 Å². The zero-order valence-electron chi connectivity index (χ0n) is 17.6. The lowest BCUT2D eigenvalue weighted by Crippen LogP contribution is -2.18. The molecule has 0 atom stereocenters. The number of carbonyl (C=O) groups is 1. The molecule has 4 rings (SSSR count). The number of carbonyl (C=O) groups excluding carboxylic acids is 1. The van der Waals surface area contributed by atoms with Crippen LogP contribution in [-0.2, 0) is 0 Å². The molecule has 1 aliphatic heterocycles. The van der Waals surface area contributed by atoms with Gasteiger partial charge in [0.25, 0.3) is 5.91 Å². The first kappa shape index (κ1) is 20.5. The molecule has 1 saturated heterocycles. The second-order valence-electron chi connectivity index (χ2n) is 7.22. The van der Waals surface area contributed by atoms with Crippen molar-refractivity contribution in [2.24, 2.45) is 0 Å². The van der Waals surface area contributed by atoms with E-state index in [-0.39, 0.29) is 5.91 Å². The Morgan fingerprint density at radius 3 is 2.35 bits per heavy atom. The number of nitrogens with one attached hydrogen (secondary N) is 2. The summed E-state index contributed by atoms with van der Waals surface area (Å²) in [6, 6.07) is 14.5. The van der Waals surface area contributed by atoms with Gasteiger partial charge in [-0.2, -0.15) is 5.10 Å². The van der Waals surface area contributed by atoms with E-state index < -0.39 is 0 Å². The summed E-state index contributed by atoms with van der Waals surface area (Å²) in [4.78, 5) is 14.9. The van der Waals surface area contributed by atoms with Crippen LogP contribution in [0.1, 0.15) is 23.2 Å².